The van der Waals surface area contributed by atoms with Gasteiger partial charge >= 0.3 is 0 Å². The summed E-state index contributed by atoms with van der Waals surface area (Å²) in [5.74, 6) is 0.0445. The molecule has 13 heavy (non-hydrogen) atoms. The minimum absolute atomic E-state index is 0.0445. The van der Waals surface area contributed by atoms with Gasteiger partial charge in [-0.15, -0.1) is 0 Å². The Labute approximate surface area is 75.8 Å². The maximum Gasteiger partial charge on any atom is 0.166 e. The summed E-state index contributed by atoms with van der Waals surface area (Å²) >= 11 is 0. The SMILES string of the molecule is C[CH]C(=O)c1ccc2[nH]ncc2c1. The van der Waals surface area contributed by atoms with Gasteiger partial charge in [-0.05, 0) is 18.2 Å². The molecule has 1 radical (unpaired) electrons. The van der Waals surface area contributed by atoms with E-state index in [4.69, 9.17) is 0 Å². The van der Waals surface area contributed by atoms with E-state index in [0.717, 1.165) is 10.9 Å². The van der Waals surface area contributed by atoms with Crippen LogP contribution in [-0.2, 0) is 0 Å². The van der Waals surface area contributed by atoms with E-state index >= 15 is 0 Å². The summed E-state index contributed by atoms with van der Waals surface area (Å²) in [5, 5.41) is 7.68. The summed E-state index contributed by atoms with van der Waals surface area (Å²) in [6.45, 7) is 1.74. The second kappa shape index (κ2) is 3.01. The standard InChI is InChI=1S/C10H9N2O/c1-2-10(13)7-3-4-9-8(5-7)6-11-12-9/h2-6H,1H3,(H,11,12). The number of ketones is 1. The van der Waals surface area contributed by atoms with Gasteiger partial charge in [0.25, 0.3) is 0 Å². The first-order valence-corrected chi connectivity index (χ1v) is 4.08. The number of aromatic amines is 1. The fraction of sp³-hybridized carbons (Fsp3) is 0.100. The van der Waals surface area contributed by atoms with Crippen LogP contribution in [0.1, 0.15) is 17.3 Å². The Morgan fingerprint density at radius 1 is 1.54 bits per heavy atom. The number of benzene rings is 1. The number of carbonyl (C=O) groups excluding carboxylic acids is 1. The third kappa shape index (κ3) is 1.33. The Morgan fingerprint density at radius 3 is 3.15 bits per heavy atom. The van der Waals surface area contributed by atoms with Crippen LogP contribution in [-0.4, -0.2) is 16.0 Å². The van der Waals surface area contributed by atoms with Crippen LogP contribution < -0.4 is 0 Å². The van der Waals surface area contributed by atoms with Crippen LogP contribution in [0, 0.1) is 6.42 Å². The maximum absolute atomic E-state index is 11.3. The lowest BCUT2D eigenvalue weighted by atomic mass is 10.1. The first kappa shape index (κ1) is 7.98. The summed E-state index contributed by atoms with van der Waals surface area (Å²) in [4.78, 5) is 11.3. The molecular weight excluding hydrogens is 164 g/mol. The van der Waals surface area contributed by atoms with Crippen molar-refractivity contribution in [1.82, 2.24) is 10.2 Å². The summed E-state index contributed by atoms with van der Waals surface area (Å²) < 4.78 is 0. The van der Waals surface area contributed by atoms with Crippen LogP contribution in [0.15, 0.2) is 24.4 Å². The minimum Gasteiger partial charge on any atom is -0.294 e. The van der Waals surface area contributed by atoms with Crippen LogP contribution >= 0.6 is 0 Å². The molecule has 0 aliphatic rings. The predicted molar refractivity (Wildman–Crippen MR) is 50.4 cm³/mol. The van der Waals surface area contributed by atoms with Crippen molar-refractivity contribution in [3.05, 3.63) is 36.4 Å². The molecule has 0 spiro atoms. The maximum atomic E-state index is 11.3. The zero-order valence-corrected chi connectivity index (χ0v) is 7.24. The molecule has 0 saturated heterocycles. The molecule has 3 nitrogen and oxygen atoms in total. The third-order valence-electron chi connectivity index (χ3n) is 1.99. The van der Waals surface area contributed by atoms with Crippen LogP contribution in [0.2, 0.25) is 0 Å². The second-order valence-corrected chi connectivity index (χ2v) is 2.82. The van der Waals surface area contributed by atoms with E-state index in [1.165, 1.54) is 0 Å². The Balaban J connectivity index is 2.54. The number of rotatable bonds is 2. The predicted octanol–water partition coefficient (Wildman–Crippen LogP) is 1.97. The van der Waals surface area contributed by atoms with Gasteiger partial charge in [-0.3, -0.25) is 9.89 Å². The number of H-pyrrole nitrogens is 1. The molecule has 1 aromatic heterocycles. The molecule has 2 aromatic rings. The highest BCUT2D eigenvalue weighted by atomic mass is 16.1. The monoisotopic (exact) mass is 173 g/mol. The lowest BCUT2D eigenvalue weighted by Crippen LogP contribution is -1.95. The molecule has 0 atom stereocenters. The lowest BCUT2D eigenvalue weighted by molar-refractivity contribution is 0.103. The van der Waals surface area contributed by atoms with E-state index in [2.05, 4.69) is 10.2 Å². The second-order valence-electron chi connectivity index (χ2n) is 2.82. The number of aromatic nitrogens is 2. The quantitative estimate of drug-likeness (QED) is 0.705. The zero-order chi connectivity index (χ0) is 9.26. The van der Waals surface area contributed by atoms with Crippen molar-refractivity contribution in [2.45, 2.75) is 6.92 Å². The van der Waals surface area contributed by atoms with Gasteiger partial charge in [0.2, 0.25) is 0 Å². The number of carbonyl (C=O) groups is 1. The molecule has 1 heterocycles. The van der Waals surface area contributed by atoms with Gasteiger partial charge in [0.15, 0.2) is 5.78 Å². The molecule has 2 rings (SSSR count). The van der Waals surface area contributed by atoms with Crippen LogP contribution in [0.25, 0.3) is 10.9 Å². The number of hydrogen-bond acceptors (Lipinski definition) is 2. The molecular formula is C10H9N2O. The Morgan fingerprint density at radius 2 is 2.38 bits per heavy atom. The van der Waals surface area contributed by atoms with Gasteiger partial charge in [-0.1, -0.05) is 6.92 Å². The van der Waals surface area contributed by atoms with Gasteiger partial charge < -0.3 is 0 Å². The first-order valence-electron chi connectivity index (χ1n) is 4.08. The summed E-state index contributed by atoms with van der Waals surface area (Å²) in [6, 6.07) is 5.49. The highest BCUT2D eigenvalue weighted by Gasteiger charge is 2.04. The van der Waals surface area contributed by atoms with Crippen molar-refractivity contribution in [3.8, 4) is 0 Å². The molecule has 65 valence electrons. The Bertz CT molecular complexity index is 445. The summed E-state index contributed by atoms with van der Waals surface area (Å²) in [6.07, 6.45) is 3.27. The molecule has 0 amide bonds. The number of nitrogens with zero attached hydrogens (tertiary/aromatic N) is 1. The van der Waals surface area contributed by atoms with Gasteiger partial charge in [-0.2, -0.15) is 5.10 Å². The average Bonchev–Trinajstić information content (AvgIpc) is 2.63. The van der Waals surface area contributed by atoms with Crippen LogP contribution in [0.3, 0.4) is 0 Å². The van der Waals surface area contributed by atoms with Crippen molar-refractivity contribution >= 4 is 16.7 Å². The van der Waals surface area contributed by atoms with Gasteiger partial charge in [0.1, 0.15) is 0 Å². The Hall–Kier alpha value is -1.64. The van der Waals surface area contributed by atoms with E-state index in [9.17, 15) is 4.79 Å². The minimum atomic E-state index is 0.0445. The van der Waals surface area contributed by atoms with Crippen molar-refractivity contribution < 1.29 is 4.79 Å². The molecule has 0 saturated carbocycles. The molecule has 3 heteroatoms. The fourth-order valence-electron chi connectivity index (χ4n) is 1.26. The molecule has 1 N–H and O–H groups in total. The highest BCUT2D eigenvalue weighted by molar-refractivity contribution is 6.04. The van der Waals surface area contributed by atoms with Gasteiger partial charge in [0.05, 0.1) is 11.7 Å². The Kier molecular flexibility index (Phi) is 1.85. The largest absolute Gasteiger partial charge is 0.294 e. The fourth-order valence-corrected chi connectivity index (χ4v) is 1.26. The third-order valence-corrected chi connectivity index (χ3v) is 1.99. The number of Topliss-reactive ketones (excluding diaryl/α,β-unsaturated/α-hetero) is 1. The van der Waals surface area contributed by atoms with Crippen LogP contribution in [0.4, 0.5) is 0 Å². The molecule has 0 unspecified atom stereocenters. The zero-order valence-electron chi connectivity index (χ0n) is 7.24. The topological polar surface area (TPSA) is 45.8 Å². The van der Waals surface area contributed by atoms with E-state index < -0.39 is 0 Å². The van der Waals surface area contributed by atoms with E-state index in [-0.39, 0.29) is 5.78 Å². The van der Waals surface area contributed by atoms with E-state index in [1.54, 1.807) is 25.6 Å². The number of nitrogens with one attached hydrogen (secondary N) is 1. The highest BCUT2D eigenvalue weighted by Crippen LogP contribution is 2.13. The van der Waals surface area contributed by atoms with Gasteiger partial charge in [-0.25, -0.2) is 0 Å². The molecule has 0 bridgehead atoms. The lowest BCUT2D eigenvalue weighted by Gasteiger charge is -1.96. The number of fused-ring (bicyclic) bond motifs is 1. The van der Waals surface area contributed by atoms with Crippen LogP contribution in [0.5, 0.6) is 0 Å². The normalized spacial score (nSPS) is 10.5. The van der Waals surface area contributed by atoms with Crippen molar-refractivity contribution in [1.29, 1.82) is 0 Å². The smallest absolute Gasteiger partial charge is 0.166 e. The molecule has 0 fully saturated rings. The van der Waals surface area contributed by atoms with Crippen molar-refractivity contribution in [2.24, 2.45) is 0 Å². The van der Waals surface area contributed by atoms with E-state index in [0.29, 0.717) is 5.56 Å². The molecule has 0 aliphatic carbocycles. The summed E-state index contributed by atoms with van der Waals surface area (Å²) in [7, 11) is 0. The van der Waals surface area contributed by atoms with Crippen molar-refractivity contribution in [3.63, 3.8) is 0 Å². The molecule has 1 aromatic carbocycles. The number of hydrogen-bond donors (Lipinski definition) is 1. The molecule has 0 aliphatic heterocycles. The van der Waals surface area contributed by atoms with Gasteiger partial charge in [0, 0.05) is 17.4 Å². The summed E-state index contributed by atoms with van der Waals surface area (Å²) in [5.41, 5.74) is 1.66. The average molecular weight is 173 g/mol. The van der Waals surface area contributed by atoms with Crippen molar-refractivity contribution in [2.75, 3.05) is 0 Å². The first-order chi connectivity index (χ1) is 6.31. The van der Waals surface area contributed by atoms with E-state index in [1.807, 2.05) is 12.1 Å².